The van der Waals surface area contributed by atoms with Gasteiger partial charge in [0.25, 0.3) is 5.91 Å². The van der Waals surface area contributed by atoms with Gasteiger partial charge in [0.1, 0.15) is 5.56 Å². The third-order valence-electron chi connectivity index (χ3n) is 4.16. The Hall–Kier alpha value is -2.37. The van der Waals surface area contributed by atoms with E-state index >= 15 is 0 Å². The Bertz CT molecular complexity index is 668. The molecule has 3 heterocycles. The second-order valence-electron chi connectivity index (χ2n) is 5.45. The van der Waals surface area contributed by atoms with Crippen molar-refractivity contribution >= 4 is 5.91 Å². The molecule has 1 atom stereocenters. The van der Waals surface area contributed by atoms with Crippen LogP contribution < -0.4 is 4.74 Å². The van der Waals surface area contributed by atoms with Crippen LogP contribution in [-0.4, -0.2) is 39.2 Å². The van der Waals surface area contributed by atoms with Crippen LogP contribution in [0.25, 0.3) is 0 Å². The summed E-state index contributed by atoms with van der Waals surface area (Å²) in [6.07, 6.45) is 6.49. The van der Waals surface area contributed by atoms with Gasteiger partial charge in [-0.3, -0.25) is 9.48 Å². The van der Waals surface area contributed by atoms with Crippen LogP contribution in [-0.2, 0) is 7.05 Å². The zero-order valence-electron chi connectivity index (χ0n) is 12.9. The summed E-state index contributed by atoms with van der Waals surface area (Å²) < 4.78 is 7.07. The van der Waals surface area contributed by atoms with E-state index in [1.807, 2.05) is 22.7 Å². The van der Waals surface area contributed by atoms with Crippen LogP contribution >= 0.6 is 0 Å². The van der Waals surface area contributed by atoms with Gasteiger partial charge in [-0.05, 0) is 37.5 Å². The highest BCUT2D eigenvalue weighted by Gasteiger charge is 2.31. The number of amides is 1. The highest BCUT2D eigenvalue weighted by atomic mass is 16.5. The number of carbonyl (C=O) groups is 1. The quantitative estimate of drug-likeness (QED) is 0.872. The Morgan fingerprint density at radius 1 is 1.32 bits per heavy atom. The van der Waals surface area contributed by atoms with Gasteiger partial charge >= 0.3 is 0 Å². The van der Waals surface area contributed by atoms with Gasteiger partial charge in [-0.2, -0.15) is 5.10 Å². The maximum absolute atomic E-state index is 13.0. The summed E-state index contributed by atoms with van der Waals surface area (Å²) in [5, 5.41) is 4.23. The first-order valence-corrected chi connectivity index (χ1v) is 7.50. The lowest BCUT2D eigenvalue weighted by molar-refractivity contribution is 0.0597. The van der Waals surface area contributed by atoms with Crippen molar-refractivity contribution in [2.24, 2.45) is 7.05 Å². The van der Waals surface area contributed by atoms with Crippen LogP contribution in [0.1, 0.15) is 41.4 Å². The average Bonchev–Trinajstić information content (AvgIpc) is 3.00. The molecular formula is C16H20N4O2. The van der Waals surface area contributed by atoms with E-state index in [9.17, 15) is 4.79 Å². The molecule has 1 amide bonds. The normalized spacial score (nSPS) is 18.3. The number of aromatic nitrogens is 3. The standard InChI is InChI=1S/C16H20N4O2/c1-19-13(8-10-18-19)14-7-3-4-11-20(14)16(21)12-6-5-9-17-15(12)22-2/h5-6,8-10,14H,3-4,7,11H2,1-2H3. The molecule has 6 nitrogen and oxygen atoms in total. The van der Waals surface area contributed by atoms with Gasteiger partial charge in [0.2, 0.25) is 5.88 Å². The summed E-state index contributed by atoms with van der Waals surface area (Å²) in [7, 11) is 3.45. The maximum atomic E-state index is 13.0. The fourth-order valence-electron chi connectivity index (χ4n) is 3.06. The molecule has 1 aliphatic rings. The van der Waals surface area contributed by atoms with Gasteiger partial charge in [-0.15, -0.1) is 0 Å². The number of methoxy groups -OCH3 is 1. The molecule has 0 spiro atoms. The van der Waals surface area contributed by atoms with Gasteiger partial charge in [0.15, 0.2) is 0 Å². The van der Waals surface area contributed by atoms with E-state index in [0.29, 0.717) is 11.4 Å². The molecule has 1 saturated heterocycles. The number of hydrogen-bond donors (Lipinski definition) is 0. The van der Waals surface area contributed by atoms with Crippen molar-refractivity contribution in [3.63, 3.8) is 0 Å². The molecule has 22 heavy (non-hydrogen) atoms. The lowest BCUT2D eigenvalue weighted by atomic mass is 9.98. The Labute approximate surface area is 129 Å². The second-order valence-corrected chi connectivity index (χ2v) is 5.45. The molecule has 0 bridgehead atoms. The summed E-state index contributed by atoms with van der Waals surface area (Å²) in [6.45, 7) is 0.743. The number of piperidine rings is 1. The smallest absolute Gasteiger partial charge is 0.259 e. The maximum Gasteiger partial charge on any atom is 0.259 e. The van der Waals surface area contributed by atoms with Crippen molar-refractivity contribution in [2.75, 3.05) is 13.7 Å². The minimum Gasteiger partial charge on any atom is -0.480 e. The Balaban J connectivity index is 1.94. The first-order valence-electron chi connectivity index (χ1n) is 7.50. The largest absolute Gasteiger partial charge is 0.480 e. The van der Waals surface area contributed by atoms with E-state index in [0.717, 1.165) is 31.5 Å². The van der Waals surface area contributed by atoms with E-state index < -0.39 is 0 Å². The minimum atomic E-state index is -0.0316. The molecule has 2 aromatic heterocycles. The summed E-state index contributed by atoms with van der Waals surface area (Å²) in [5.41, 5.74) is 1.58. The lowest BCUT2D eigenvalue weighted by Gasteiger charge is -2.36. The Morgan fingerprint density at radius 3 is 2.91 bits per heavy atom. The fraction of sp³-hybridized carbons (Fsp3) is 0.438. The first-order chi connectivity index (χ1) is 10.7. The van der Waals surface area contributed by atoms with Crippen LogP contribution in [0.5, 0.6) is 5.88 Å². The average molecular weight is 300 g/mol. The van der Waals surface area contributed by atoms with Gasteiger partial charge in [-0.25, -0.2) is 4.98 Å². The molecule has 0 saturated carbocycles. The predicted octanol–water partition coefficient (Wildman–Crippen LogP) is 2.19. The van der Waals surface area contributed by atoms with Crippen LogP contribution in [0.3, 0.4) is 0 Å². The van der Waals surface area contributed by atoms with Crippen LogP contribution in [0.2, 0.25) is 0 Å². The summed E-state index contributed by atoms with van der Waals surface area (Å²) in [4.78, 5) is 19.0. The predicted molar refractivity (Wildman–Crippen MR) is 81.6 cm³/mol. The van der Waals surface area contributed by atoms with E-state index in [-0.39, 0.29) is 11.9 Å². The zero-order chi connectivity index (χ0) is 15.5. The molecule has 1 fully saturated rings. The molecule has 3 rings (SSSR count). The van der Waals surface area contributed by atoms with E-state index in [4.69, 9.17) is 4.74 Å². The number of carbonyl (C=O) groups excluding carboxylic acids is 1. The first kappa shape index (κ1) is 14.6. The Kier molecular flexibility index (Phi) is 4.09. The molecule has 1 unspecified atom stereocenters. The molecule has 0 N–H and O–H groups in total. The number of ether oxygens (including phenoxy) is 1. The SMILES string of the molecule is COc1ncccc1C(=O)N1CCCCC1c1ccnn1C. The number of aryl methyl sites for hydroxylation is 1. The van der Waals surface area contributed by atoms with E-state index in [1.54, 1.807) is 24.5 Å². The topological polar surface area (TPSA) is 60.2 Å². The van der Waals surface area contributed by atoms with E-state index in [1.165, 1.54) is 7.11 Å². The molecule has 2 aromatic rings. The van der Waals surface area contributed by atoms with Crippen molar-refractivity contribution in [1.29, 1.82) is 0 Å². The van der Waals surface area contributed by atoms with Crippen LogP contribution in [0.4, 0.5) is 0 Å². The minimum absolute atomic E-state index is 0.0316. The zero-order valence-corrected chi connectivity index (χ0v) is 12.9. The van der Waals surface area contributed by atoms with Crippen LogP contribution in [0.15, 0.2) is 30.6 Å². The summed E-state index contributed by atoms with van der Waals surface area (Å²) >= 11 is 0. The molecule has 116 valence electrons. The lowest BCUT2D eigenvalue weighted by Crippen LogP contribution is -2.39. The highest BCUT2D eigenvalue weighted by Crippen LogP contribution is 2.32. The Morgan fingerprint density at radius 2 is 2.18 bits per heavy atom. The van der Waals surface area contributed by atoms with Crippen molar-refractivity contribution < 1.29 is 9.53 Å². The van der Waals surface area contributed by atoms with Gasteiger partial charge < -0.3 is 9.64 Å². The van der Waals surface area contributed by atoms with Crippen molar-refractivity contribution in [1.82, 2.24) is 19.7 Å². The molecule has 0 aromatic carbocycles. The second kappa shape index (κ2) is 6.17. The summed E-state index contributed by atoms with van der Waals surface area (Å²) in [6, 6.07) is 5.57. The number of pyridine rings is 1. The van der Waals surface area contributed by atoms with Crippen molar-refractivity contribution in [3.05, 3.63) is 41.9 Å². The monoisotopic (exact) mass is 300 g/mol. The van der Waals surface area contributed by atoms with E-state index in [2.05, 4.69) is 10.1 Å². The number of likely N-dealkylation sites (tertiary alicyclic amines) is 1. The van der Waals surface area contributed by atoms with Gasteiger partial charge in [0, 0.05) is 26.0 Å². The number of nitrogens with zero attached hydrogens (tertiary/aromatic N) is 4. The van der Waals surface area contributed by atoms with Crippen LogP contribution in [0, 0.1) is 0 Å². The van der Waals surface area contributed by atoms with Crippen molar-refractivity contribution in [2.45, 2.75) is 25.3 Å². The molecule has 0 radical (unpaired) electrons. The highest BCUT2D eigenvalue weighted by molar-refractivity contribution is 5.96. The summed E-state index contributed by atoms with van der Waals surface area (Å²) in [5.74, 6) is 0.345. The molecular weight excluding hydrogens is 280 g/mol. The third-order valence-corrected chi connectivity index (χ3v) is 4.16. The fourth-order valence-corrected chi connectivity index (χ4v) is 3.06. The van der Waals surface area contributed by atoms with Crippen molar-refractivity contribution in [3.8, 4) is 5.88 Å². The third kappa shape index (κ3) is 2.56. The number of rotatable bonds is 3. The number of hydrogen-bond acceptors (Lipinski definition) is 4. The molecule has 1 aliphatic heterocycles. The molecule has 6 heteroatoms. The van der Waals surface area contributed by atoms with Gasteiger partial charge in [-0.1, -0.05) is 0 Å². The van der Waals surface area contributed by atoms with Gasteiger partial charge in [0.05, 0.1) is 18.8 Å². The molecule has 0 aliphatic carbocycles.